The van der Waals surface area contributed by atoms with Gasteiger partial charge in [-0.2, -0.15) is 0 Å². The maximum Gasteiger partial charge on any atom is 0.289 e. The molecule has 1 fully saturated rings. The lowest BCUT2D eigenvalue weighted by Gasteiger charge is -2.21. The first kappa shape index (κ1) is 12.7. The van der Waals surface area contributed by atoms with E-state index in [9.17, 15) is 4.79 Å². The van der Waals surface area contributed by atoms with Crippen LogP contribution in [-0.4, -0.2) is 40.2 Å². The first-order chi connectivity index (χ1) is 6.99. The number of carbonyl (C=O) groups is 1. The predicted molar refractivity (Wildman–Crippen MR) is 59.2 cm³/mol. The van der Waals surface area contributed by atoms with Crippen molar-refractivity contribution in [2.24, 2.45) is 0 Å². The third kappa shape index (κ3) is 6.65. The fraction of sp³-hybridized carbons (Fsp3) is 0.900. The molecular weight excluding hydrogens is 212 g/mol. The lowest BCUT2D eigenvalue weighted by atomic mass is 10.5. The number of hydrogen-bond donors (Lipinski definition) is 0. The zero-order valence-corrected chi connectivity index (χ0v) is 10.7. The maximum atomic E-state index is 10.8. The largest absolute Gasteiger partial charge is 0.520 e. The lowest BCUT2D eigenvalue weighted by Crippen LogP contribution is -2.32. The van der Waals surface area contributed by atoms with E-state index in [1.807, 2.05) is 0 Å². The van der Waals surface area contributed by atoms with Crippen LogP contribution in [-0.2, 0) is 18.7 Å². The van der Waals surface area contributed by atoms with E-state index in [0.29, 0.717) is 12.7 Å². The monoisotopic (exact) mass is 232 g/mol. The quantitative estimate of drug-likeness (QED) is 0.380. The van der Waals surface area contributed by atoms with Gasteiger partial charge in [-0.25, -0.2) is 0 Å². The van der Waals surface area contributed by atoms with Gasteiger partial charge in [0.15, 0.2) is 0 Å². The van der Waals surface area contributed by atoms with Crippen LogP contribution < -0.4 is 0 Å². The summed E-state index contributed by atoms with van der Waals surface area (Å²) in [4.78, 5) is 10.8. The average Bonchev–Trinajstić information content (AvgIpc) is 2.84. The van der Waals surface area contributed by atoms with Gasteiger partial charge in [-0.15, -0.1) is 0 Å². The molecule has 1 aliphatic rings. The minimum Gasteiger partial charge on any atom is -0.520 e. The van der Waals surface area contributed by atoms with Crippen LogP contribution in [0.5, 0.6) is 0 Å². The van der Waals surface area contributed by atoms with E-state index in [0.717, 1.165) is 25.7 Å². The molecule has 1 heterocycles. The van der Waals surface area contributed by atoms with Crippen LogP contribution >= 0.6 is 0 Å². The molecule has 1 unspecified atom stereocenters. The summed E-state index contributed by atoms with van der Waals surface area (Å²) in [6.07, 6.45) is 1.29. The number of carbonyl (C=O) groups excluding carboxylic acids is 1. The Morgan fingerprint density at radius 2 is 2.20 bits per heavy atom. The first-order valence-electron chi connectivity index (χ1n) is 5.38. The molecule has 1 aliphatic heterocycles. The third-order valence-electron chi connectivity index (χ3n) is 2.19. The Morgan fingerprint density at radius 3 is 2.73 bits per heavy atom. The Balaban J connectivity index is 1.98. The predicted octanol–water partition coefficient (Wildman–Crippen LogP) is 1.56. The average molecular weight is 232 g/mol. The van der Waals surface area contributed by atoms with Gasteiger partial charge in [0.25, 0.3) is 5.97 Å². The molecule has 0 aromatic heterocycles. The van der Waals surface area contributed by atoms with Crippen LogP contribution in [0.4, 0.5) is 0 Å². The second-order valence-electron chi connectivity index (χ2n) is 4.49. The fourth-order valence-corrected chi connectivity index (χ4v) is 3.30. The molecular formula is C10H20O4Si. The minimum atomic E-state index is -1.79. The molecule has 88 valence electrons. The fourth-order valence-electron chi connectivity index (χ4n) is 1.42. The van der Waals surface area contributed by atoms with E-state index in [4.69, 9.17) is 13.9 Å². The van der Waals surface area contributed by atoms with Crippen molar-refractivity contribution < 1.29 is 18.7 Å². The van der Waals surface area contributed by atoms with Crippen LogP contribution in [0.15, 0.2) is 0 Å². The Bertz CT molecular complexity index is 213. The normalized spacial score (nSPS) is 20.1. The van der Waals surface area contributed by atoms with Gasteiger partial charge in [-0.1, -0.05) is 0 Å². The van der Waals surface area contributed by atoms with Crippen molar-refractivity contribution in [1.29, 1.82) is 0 Å². The molecule has 0 aromatic rings. The van der Waals surface area contributed by atoms with Crippen molar-refractivity contribution in [2.45, 2.75) is 38.6 Å². The molecule has 0 aromatic carbocycles. The second-order valence-corrected chi connectivity index (χ2v) is 8.71. The lowest BCUT2D eigenvalue weighted by molar-refractivity contribution is -0.132. The molecule has 0 saturated carbocycles. The summed E-state index contributed by atoms with van der Waals surface area (Å²) in [5, 5.41) is 0. The molecule has 1 saturated heterocycles. The van der Waals surface area contributed by atoms with Crippen LogP contribution in [0.2, 0.25) is 19.1 Å². The number of ether oxygens (including phenoxy) is 2. The summed E-state index contributed by atoms with van der Waals surface area (Å²) in [7, 11) is -1.79. The standard InChI is InChI=1S/C10H20O4Si/c1-9(11)14-15(2,3)6-4-5-12-7-10-8-13-10/h10H,4-8H2,1-3H3. The number of epoxide rings is 1. The summed E-state index contributed by atoms with van der Waals surface area (Å²) in [5.74, 6) is -0.168. The zero-order valence-electron chi connectivity index (χ0n) is 9.75. The Kier molecular flexibility index (Phi) is 4.75. The number of rotatable bonds is 7. The molecule has 0 N–H and O–H groups in total. The highest BCUT2D eigenvalue weighted by Gasteiger charge is 2.25. The van der Waals surface area contributed by atoms with Gasteiger partial charge in [0.2, 0.25) is 8.32 Å². The van der Waals surface area contributed by atoms with Gasteiger partial charge in [-0.3, -0.25) is 4.79 Å². The minimum absolute atomic E-state index is 0.168. The van der Waals surface area contributed by atoms with Crippen LogP contribution in [0, 0.1) is 0 Å². The van der Waals surface area contributed by atoms with Crippen LogP contribution in [0.1, 0.15) is 13.3 Å². The molecule has 15 heavy (non-hydrogen) atoms. The summed E-state index contributed by atoms with van der Waals surface area (Å²) >= 11 is 0. The van der Waals surface area contributed by atoms with Gasteiger partial charge in [0, 0.05) is 13.5 Å². The van der Waals surface area contributed by atoms with E-state index in [1.165, 1.54) is 6.92 Å². The zero-order chi connectivity index (χ0) is 11.3. The molecule has 1 rings (SSSR count). The summed E-state index contributed by atoms with van der Waals surface area (Å²) < 4.78 is 15.7. The smallest absolute Gasteiger partial charge is 0.289 e. The van der Waals surface area contributed by atoms with Gasteiger partial charge in [-0.05, 0) is 25.6 Å². The van der Waals surface area contributed by atoms with Crippen molar-refractivity contribution in [3.63, 3.8) is 0 Å². The van der Waals surface area contributed by atoms with E-state index in [1.54, 1.807) is 0 Å². The SMILES string of the molecule is CC(=O)O[Si](C)(C)CCCOCC1CO1. The van der Waals surface area contributed by atoms with E-state index >= 15 is 0 Å². The molecule has 0 spiro atoms. The highest BCUT2D eigenvalue weighted by molar-refractivity contribution is 6.72. The molecule has 4 nitrogen and oxygen atoms in total. The molecule has 0 aliphatic carbocycles. The maximum absolute atomic E-state index is 10.8. The van der Waals surface area contributed by atoms with Gasteiger partial charge < -0.3 is 13.9 Å². The van der Waals surface area contributed by atoms with E-state index in [2.05, 4.69) is 13.1 Å². The van der Waals surface area contributed by atoms with E-state index in [-0.39, 0.29) is 5.97 Å². The van der Waals surface area contributed by atoms with Crippen molar-refractivity contribution in [1.82, 2.24) is 0 Å². The molecule has 0 bridgehead atoms. The Labute approximate surface area is 92.0 Å². The van der Waals surface area contributed by atoms with Crippen LogP contribution in [0.3, 0.4) is 0 Å². The van der Waals surface area contributed by atoms with Crippen molar-refractivity contribution >= 4 is 14.3 Å². The number of hydrogen-bond acceptors (Lipinski definition) is 4. The highest BCUT2D eigenvalue weighted by Crippen LogP contribution is 2.14. The van der Waals surface area contributed by atoms with Crippen molar-refractivity contribution in [2.75, 3.05) is 19.8 Å². The first-order valence-corrected chi connectivity index (χ1v) is 8.50. The van der Waals surface area contributed by atoms with Gasteiger partial charge in [0.05, 0.1) is 13.2 Å². The molecule has 5 heteroatoms. The second kappa shape index (κ2) is 5.63. The van der Waals surface area contributed by atoms with Crippen molar-refractivity contribution in [3.05, 3.63) is 0 Å². The van der Waals surface area contributed by atoms with E-state index < -0.39 is 8.32 Å². The summed E-state index contributed by atoms with van der Waals surface area (Å²) in [5.41, 5.74) is 0. The molecule has 0 radical (unpaired) electrons. The highest BCUT2D eigenvalue weighted by atomic mass is 28.4. The topological polar surface area (TPSA) is 48.1 Å². The van der Waals surface area contributed by atoms with Gasteiger partial charge >= 0.3 is 0 Å². The Hall–Kier alpha value is -0.393. The van der Waals surface area contributed by atoms with Crippen molar-refractivity contribution in [3.8, 4) is 0 Å². The molecule has 0 amide bonds. The summed E-state index contributed by atoms with van der Waals surface area (Å²) in [6.45, 7) is 7.85. The van der Waals surface area contributed by atoms with Crippen LogP contribution in [0.25, 0.3) is 0 Å². The van der Waals surface area contributed by atoms with Gasteiger partial charge in [0.1, 0.15) is 6.10 Å². The molecule has 1 atom stereocenters. The third-order valence-corrected chi connectivity index (χ3v) is 4.59. The Morgan fingerprint density at radius 1 is 1.53 bits per heavy atom. The summed E-state index contributed by atoms with van der Waals surface area (Å²) in [6, 6.07) is 0.956.